The number of benzene rings is 3. The van der Waals surface area contributed by atoms with E-state index >= 15 is 0 Å². The molecule has 3 aromatic rings. The predicted octanol–water partition coefficient (Wildman–Crippen LogP) is 5.06. The molecular weight excluding hydrogens is 402 g/mol. The lowest BCUT2D eigenvalue weighted by molar-refractivity contribution is -0.116. The van der Waals surface area contributed by atoms with Crippen LogP contribution in [0.5, 0.6) is 11.5 Å². The van der Waals surface area contributed by atoms with Crippen LogP contribution in [-0.2, 0) is 9.53 Å². The number of para-hydroxylation sites is 2. The summed E-state index contributed by atoms with van der Waals surface area (Å²) in [6.45, 7) is 7.12. The average molecular weight is 432 g/mol. The fourth-order valence-corrected chi connectivity index (χ4v) is 3.61. The highest BCUT2D eigenvalue weighted by molar-refractivity contribution is 5.96. The van der Waals surface area contributed by atoms with Crippen molar-refractivity contribution in [2.24, 2.45) is 0 Å². The van der Waals surface area contributed by atoms with E-state index < -0.39 is 6.04 Å². The van der Waals surface area contributed by atoms with Crippen molar-refractivity contribution in [1.29, 1.82) is 0 Å². The molecule has 166 valence electrons. The Morgan fingerprint density at radius 3 is 2.50 bits per heavy atom. The molecule has 0 radical (unpaired) electrons. The summed E-state index contributed by atoms with van der Waals surface area (Å²) in [4.78, 5) is 15.1. The second-order valence-corrected chi connectivity index (χ2v) is 7.92. The van der Waals surface area contributed by atoms with Gasteiger partial charge >= 0.3 is 0 Å². The molecule has 1 aliphatic rings. The molecule has 32 heavy (non-hydrogen) atoms. The minimum atomic E-state index is -0.448. The smallest absolute Gasteiger partial charge is 0.246 e. The number of nitrogens with one attached hydrogen (secondary N) is 2. The number of hydrogen-bond donors (Lipinski definition) is 2. The highest BCUT2D eigenvalue weighted by Crippen LogP contribution is 2.30. The van der Waals surface area contributed by atoms with Crippen molar-refractivity contribution in [3.8, 4) is 11.5 Å². The molecule has 0 unspecified atom stereocenters. The Labute approximate surface area is 189 Å². The molecule has 1 heterocycles. The number of morpholine rings is 1. The molecule has 0 spiro atoms. The number of carbonyl (C=O) groups is 1. The van der Waals surface area contributed by atoms with Gasteiger partial charge in [-0.15, -0.1) is 0 Å². The van der Waals surface area contributed by atoms with E-state index in [2.05, 4.69) is 15.5 Å². The first-order valence-electron chi connectivity index (χ1n) is 10.9. The van der Waals surface area contributed by atoms with E-state index in [0.29, 0.717) is 5.75 Å². The Morgan fingerprint density at radius 1 is 1.00 bits per heavy atom. The van der Waals surface area contributed by atoms with Crippen LogP contribution < -0.4 is 20.3 Å². The Morgan fingerprint density at radius 2 is 1.75 bits per heavy atom. The molecular formula is C26H29N3O3. The standard InChI is InChI=1S/C26H29N3O3/c1-19-6-5-7-23(18-19)32-25-9-4-3-8-24(25)27-20(2)26(30)28-21-10-12-22(13-11-21)29-14-16-31-17-15-29/h3-13,18,20,27H,14-17H2,1-2H3,(H,28,30)/t20-/m0/s1. The quantitative estimate of drug-likeness (QED) is 0.547. The molecule has 1 amide bonds. The van der Waals surface area contributed by atoms with Crippen LogP contribution >= 0.6 is 0 Å². The molecule has 0 saturated carbocycles. The lowest BCUT2D eigenvalue weighted by Gasteiger charge is -2.29. The number of anilines is 3. The normalized spacial score (nSPS) is 14.5. The lowest BCUT2D eigenvalue weighted by Crippen LogP contribution is -2.36. The molecule has 0 bridgehead atoms. The molecule has 1 atom stereocenters. The van der Waals surface area contributed by atoms with Crippen LogP contribution in [0.1, 0.15) is 12.5 Å². The first-order chi connectivity index (χ1) is 15.6. The van der Waals surface area contributed by atoms with Crippen LogP contribution in [0.2, 0.25) is 0 Å². The van der Waals surface area contributed by atoms with Crippen LogP contribution in [-0.4, -0.2) is 38.3 Å². The summed E-state index contributed by atoms with van der Waals surface area (Å²) in [5.74, 6) is 1.32. The maximum absolute atomic E-state index is 12.8. The van der Waals surface area contributed by atoms with Gasteiger partial charge in [0.25, 0.3) is 0 Å². The summed E-state index contributed by atoms with van der Waals surface area (Å²) in [5.41, 5.74) is 3.80. The summed E-state index contributed by atoms with van der Waals surface area (Å²) in [7, 11) is 0. The predicted molar refractivity (Wildman–Crippen MR) is 129 cm³/mol. The lowest BCUT2D eigenvalue weighted by atomic mass is 10.2. The summed E-state index contributed by atoms with van der Waals surface area (Å²) < 4.78 is 11.5. The van der Waals surface area contributed by atoms with Gasteiger partial charge in [-0.25, -0.2) is 0 Å². The Balaban J connectivity index is 1.37. The zero-order valence-electron chi connectivity index (χ0n) is 18.5. The SMILES string of the molecule is Cc1cccc(Oc2ccccc2N[C@@H](C)C(=O)Nc2ccc(N3CCOCC3)cc2)c1. The van der Waals surface area contributed by atoms with E-state index in [1.54, 1.807) is 0 Å². The zero-order valence-corrected chi connectivity index (χ0v) is 18.5. The second-order valence-electron chi connectivity index (χ2n) is 7.92. The van der Waals surface area contributed by atoms with Crippen LogP contribution in [0.3, 0.4) is 0 Å². The van der Waals surface area contributed by atoms with Crippen LogP contribution in [0.15, 0.2) is 72.8 Å². The van der Waals surface area contributed by atoms with Crippen LogP contribution in [0.4, 0.5) is 17.1 Å². The Kier molecular flexibility index (Phi) is 6.92. The highest BCUT2D eigenvalue weighted by Gasteiger charge is 2.16. The van der Waals surface area contributed by atoms with Crippen molar-refractivity contribution >= 4 is 23.0 Å². The second kappa shape index (κ2) is 10.2. The molecule has 4 rings (SSSR count). The van der Waals surface area contributed by atoms with Gasteiger partial charge in [-0.3, -0.25) is 4.79 Å². The van der Waals surface area contributed by atoms with E-state index in [-0.39, 0.29) is 5.91 Å². The zero-order chi connectivity index (χ0) is 22.3. The third-order valence-electron chi connectivity index (χ3n) is 5.38. The van der Waals surface area contributed by atoms with Gasteiger partial charge in [0.15, 0.2) is 5.75 Å². The van der Waals surface area contributed by atoms with Crippen LogP contribution in [0.25, 0.3) is 0 Å². The first kappa shape index (κ1) is 21.7. The van der Waals surface area contributed by atoms with Crippen molar-refractivity contribution < 1.29 is 14.3 Å². The van der Waals surface area contributed by atoms with E-state index in [4.69, 9.17) is 9.47 Å². The number of hydrogen-bond acceptors (Lipinski definition) is 5. The van der Waals surface area contributed by atoms with Gasteiger partial charge < -0.3 is 25.0 Å². The largest absolute Gasteiger partial charge is 0.455 e. The summed E-state index contributed by atoms with van der Waals surface area (Å²) in [6.07, 6.45) is 0. The third-order valence-corrected chi connectivity index (χ3v) is 5.38. The third kappa shape index (κ3) is 5.59. The molecule has 0 aliphatic carbocycles. The molecule has 0 aromatic heterocycles. The van der Waals surface area contributed by atoms with Crippen molar-refractivity contribution in [3.05, 3.63) is 78.4 Å². The fraction of sp³-hybridized carbons (Fsp3) is 0.269. The molecule has 1 saturated heterocycles. The average Bonchev–Trinajstić information content (AvgIpc) is 2.81. The first-order valence-corrected chi connectivity index (χ1v) is 10.9. The summed E-state index contributed by atoms with van der Waals surface area (Å²) >= 11 is 0. The van der Waals surface area contributed by atoms with Crippen molar-refractivity contribution in [2.45, 2.75) is 19.9 Å². The molecule has 6 heteroatoms. The maximum atomic E-state index is 12.8. The van der Waals surface area contributed by atoms with Crippen molar-refractivity contribution in [2.75, 3.05) is 41.8 Å². The minimum Gasteiger partial charge on any atom is -0.455 e. The van der Waals surface area contributed by atoms with Crippen molar-refractivity contribution in [1.82, 2.24) is 0 Å². The number of aryl methyl sites for hydroxylation is 1. The number of ether oxygens (including phenoxy) is 2. The van der Waals surface area contributed by atoms with Gasteiger partial charge in [-0.1, -0.05) is 24.3 Å². The summed E-state index contributed by atoms with van der Waals surface area (Å²) in [5, 5.41) is 6.25. The molecule has 1 fully saturated rings. The van der Waals surface area contributed by atoms with Gasteiger partial charge in [-0.05, 0) is 67.9 Å². The topological polar surface area (TPSA) is 62.8 Å². The number of amides is 1. The Bertz CT molecular complexity index is 1050. The van der Waals surface area contributed by atoms with Gasteiger partial charge in [0.2, 0.25) is 5.91 Å². The molecule has 6 nitrogen and oxygen atoms in total. The van der Waals surface area contributed by atoms with Gasteiger partial charge in [0, 0.05) is 24.5 Å². The number of carbonyl (C=O) groups excluding carboxylic acids is 1. The number of nitrogens with zero attached hydrogens (tertiary/aromatic N) is 1. The number of rotatable bonds is 7. The molecule has 3 aromatic carbocycles. The van der Waals surface area contributed by atoms with Gasteiger partial charge in [-0.2, -0.15) is 0 Å². The maximum Gasteiger partial charge on any atom is 0.246 e. The molecule has 2 N–H and O–H groups in total. The van der Waals surface area contributed by atoms with E-state index in [9.17, 15) is 4.79 Å². The van der Waals surface area contributed by atoms with E-state index in [1.807, 2.05) is 86.6 Å². The summed E-state index contributed by atoms with van der Waals surface area (Å²) in [6, 6.07) is 23.0. The van der Waals surface area contributed by atoms with E-state index in [0.717, 1.165) is 54.7 Å². The van der Waals surface area contributed by atoms with Crippen molar-refractivity contribution in [3.63, 3.8) is 0 Å². The molecule has 1 aliphatic heterocycles. The van der Waals surface area contributed by atoms with Gasteiger partial charge in [0.05, 0.1) is 18.9 Å². The van der Waals surface area contributed by atoms with E-state index in [1.165, 1.54) is 0 Å². The minimum absolute atomic E-state index is 0.116. The fourth-order valence-electron chi connectivity index (χ4n) is 3.61. The van der Waals surface area contributed by atoms with Gasteiger partial charge in [0.1, 0.15) is 11.8 Å². The van der Waals surface area contributed by atoms with Crippen LogP contribution in [0, 0.1) is 6.92 Å². The monoisotopic (exact) mass is 431 g/mol. The Hall–Kier alpha value is -3.51. The highest BCUT2D eigenvalue weighted by atomic mass is 16.5.